The summed E-state index contributed by atoms with van der Waals surface area (Å²) in [5.41, 5.74) is 2.16. The quantitative estimate of drug-likeness (QED) is 0.614. The first-order chi connectivity index (χ1) is 9.61. The second kappa shape index (κ2) is 6.34. The Hall–Kier alpha value is -2.14. The van der Waals surface area contributed by atoms with E-state index >= 15 is 0 Å². The largest absolute Gasteiger partial charge is 0.368 e. The molecule has 2 N–H and O–H groups in total. The molecule has 0 spiro atoms. The average molecular weight is 274 g/mol. The van der Waals surface area contributed by atoms with Gasteiger partial charge in [0.1, 0.15) is 6.10 Å². The average Bonchev–Trinajstić information content (AvgIpc) is 2.80. The molecule has 1 heterocycles. The van der Waals surface area contributed by atoms with Gasteiger partial charge < -0.3 is 15.4 Å². The van der Waals surface area contributed by atoms with Crippen molar-refractivity contribution in [2.75, 3.05) is 11.9 Å². The van der Waals surface area contributed by atoms with Gasteiger partial charge in [-0.15, -0.1) is 6.58 Å². The first-order valence-corrected chi connectivity index (χ1v) is 6.56. The van der Waals surface area contributed by atoms with Gasteiger partial charge in [0.05, 0.1) is 6.61 Å². The Balaban J connectivity index is 1.96. The van der Waals surface area contributed by atoms with Crippen molar-refractivity contribution in [3.8, 4) is 0 Å². The van der Waals surface area contributed by atoms with Gasteiger partial charge in [-0.25, -0.2) is 0 Å². The van der Waals surface area contributed by atoms with Crippen LogP contribution < -0.4 is 10.6 Å². The summed E-state index contributed by atoms with van der Waals surface area (Å²) < 4.78 is 5.37. The molecule has 0 fully saturated rings. The number of nitrogens with one attached hydrogen (secondary N) is 2. The molecule has 0 saturated carbocycles. The molecular formula is C15H18N2O3. The van der Waals surface area contributed by atoms with E-state index in [0.717, 1.165) is 5.56 Å². The minimum atomic E-state index is -0.544. The molecule has 1 unspecified atom stereocenters. The minimum absolute atomic E-state index is 0.105. The number of benzene rings is 1. The molecule has 1 aromatic rings. The van der Waals surface area contributed by atoms with Crippen molar-refractivity contribution in [3.63, 3.8) is 0 Å². The van der Waals surface area contributed by atoms with Gasteiger partial charge in [-0.1, -0.05) is 12.1 Å². The fourth-order valence-corrected chi connectivity index (χ4v) is 1.94. The van der Waals surface area contributed by atoms with Crippen molar-refractivity contribution in [3.05, 3.63) is 42.0 Å². The lowest BCUT2D eigenvalue weighted by Gasteiger charge is -2.13. The zero-order valence-electron chi connectivity index (χ0n) is 11.4. The molecule has 0 bridgehead atoms. The molecule has 0 saturated heterocycles. The molecule has 1 aliphatic rings. The summed E-state index contributed by atoms with van der Waals surface area (Å²) in [4.78, 5) is 23.5. The number of fused-ring (bicyclic) bond motifs is 1. The van der Waals surface area contributed by atoms with Gasteiger partial charge >= 0.3 is 0 Å². The number of hydrogen-bond donors (Lipinski definition) is 2. The highest BCUT2D eigenvalue weighted by Crippen LogP contribution is 2.20. The standard InChI is InChI=1S/C15H18N2O3/c1-3-4-7-20-10(2)14(18)17-12-6-5-11-9-16-15(19)13(11)8-12/h3,5-6,8,10H,1,4,7,9H2,2H3,(H,16,19)(H,17,18). The van der Waals surface area contributed by atoms with Crippen LogP contribution in [-0.4, -0.2) is 24.5 Å². The normalized spacial score (nSPS) is 14.3. The van der Waals surface area contributed by atoms with Crippen molar-refractivity contribution in [2.45, 2.75) is 26.0 Å². The van der Waals surface area contributed by atoms with Crippen molar-refractivity contribution in [1.82, 2.24) is 5.32 Å². The molecule has 2 amide bonds. The van der Waals surface area contributed by atoms with Crippen molar-refractivity contribution < 1.29 is 14.3 Å². The van der Waals surface area contributed by atoms with E-state index in [0.29, 0.717) is 30.8 Å². The minimum Gasteiger partial charge on any atom is -0.368 e. The summed E-state index contributed by atoms with van der Waals surface area (Å²) in [6.45, 7) is 6.29. The van der Waals surface area contributed by atoms with Crippen LogP contribution in [0.1, 0.15) is 29.3 Å². The van der Waals surface area contributed by atoms with Crippen LogP contribution in [0.4, 0.5) is 5.69 Å². The Kier molecular flexibility index (Phi) is 4.53. The van der Waals surface area contributed by atoms with Gasteiger partial charge in [0, 0.05) is 17.8 Å². The number of ether oxygens (including phenoxy) is 1. The highest BCUT2D eigenvalue weighted by molar-refractivity contribution is 6.01. The Bertz CT molecular complexity index is 540. The molecule has 5 heteroatoms. The summed E-state index contributed by atoms with van der Waals surface area (Å²) in [5.74, 6) is -0.334. The first kappa shape index (κ1) is 14.3. The summed E-state index contributed by atoms with van der Waals surface area (Å²) >= 11 is 0. The van der Waals surface area contributed by atoms with E-state index in [2.05, 4.69) is 17.2 Å². The number of rotatable bonds is 6. The van der Waals surface area contributed by atoms with E-state index in [-0.39, 0.29) is 11.8 Å². The molecule has 2 rings (SSSR count). The maximum atomic E-state index is 11.9. The molecule has 20 heavy (non-hydrogen) atoms. The van der Waals surface area contributed by atoms with E-state index in [1.807, 2.05) is 6.07 Å². The van der Waals surface area contributed by atoms with Crippen molar-refractivity contribution in [2.24, 2.45) is 0 Å². The van der Waals surface area contributed by atoms with E-state index in [1.165, 1.54) is 0 Å². The van der Waals surface area contributed by atoms with Gasteiger partial charge in [-0.3, -0.25) is 9.59 Å². The molecule has 1 atom stereocenters. The Morgan fingerprint density at radius 3 is 3.15 bits per heavy atom. The van der Waals surface area contributed by atoms with E-state index in [9.17, 15) is 9.59 Å². The summed E-state index contributed by atoms with van der Waals surface area (Å²) in [6.07, 6.45) is 1.90. The number of amides is 2. The summed E-state index contributed by atoms with van der Waals surface area (Å²) in [7, 11) is 0. The molecule has 106 valence electrons. The number of carbonyl (C=O) groups excluding carboxylic acids is 2. The second-order valence-corrected chi connectivity index (χ2v) is 4.63. The van der Waals surface area contributed by atoms with Crippen molar-refractivity contribution in [1.29, 1.82) is 0 Å². The molecular weight excluding hydrogens is 256 g/mol. The molecule has 0 aromatic heterocycles. The topological polar surface area (TPSA) is 67.4 Å². The second-order valence-electron chi connectivity index (χ2n) is 4.63. The Morgan fingerprint density at radius 2 is 2.40 bits per heavy atom. The maximum absolute atomic E-state index is 11.9. The third-order valence-electron chi connectivity index (χ3n) is 3.12. The van der Waals surface area contributed by atoms with Gasteiger partial charge in [0.25, 0.3) is 11.8 Å². The highest BCUT2D eigenvalue weighted by atomic mass is 16.5. The van der Waals surface area contributed by atoms with Crippen LogP contribution in [0.25, 0.3) is 0 Å². The molecule has 0 aliphatic carbocycles. The molecule has 1 aromatic carbocycles. The van der Waals surface area contributed by atoms with Gasteiger partial charge in [0.2, 0.25) is 0 Å². The zero-order chi connectivity index (χ0) is 14.5. The zero-order valence-corrected chi connectivity index (χ0v) is 11.4. The lowest BCUT2D eigenvalue weighted by Crippen LogP contribution is -2.28. The molecule has 0 radical (unpaired) electrons. The Labute approximate surface area is 118 Å². The fraction of sp³-hybridized carbons (Fsp3) is 0.333. The predicted molar refractivity (Wildman–Crippen MR) is 76.5 cm³/mol. The Morgan fingerprint density at radius 1 is 1.60 bits per heavy atom. The molecule has 1 aliphatic heterocycles. The van der Waals surface area contributed by atoms with E-state index in [4.69, 9.17) is 4.74 Å². The van der Waals surface area contributed by atoms with Crippen LogP contribution >= 0.6 is 0 Å². The lowest BCUT2D eigenvalue weighted by atomic mass is 10.1. The van der Waals surface area contributed by atoms with Crippen LogP contribution in [0.2, 0.25) is 0 Å². The predicted octanol–water partition coefficient (Wildman–Crippen LogP) is 1.85. The lowest BCUT2D eigenvalue weighted by molar-refractivity contribution is -0.126. The maximum Gasteiger partial charge on any atom is 0.253 e. The van der Waals surface area contributed by atoms with Crippen LogP contribution in [0.5, 0.6) is 0 Å². The van der Waals surface area contributed by atoms with Crippen LogP contribution in [-0.2, 0) is 16.1 Å². The number of hydrogen-bond acceptors (Lipinski definition) is 3. The number of anilines is 1. The monoisotopic (exact) mass is 274 g/mol. The smallest absolute Gasteiger partial charge is 0.253 e. The van der Waals surface area contributed by atoms with Gasteiger partial charge in [0.15, 0.2) is 0 Å². The first-order valence-electron chi connectivity index (χ1n) is 6.56. The SMILES string of the molecule is C=CCCOC(C)C(=O)Nc1ccc2c(c1)C(=O)NC2. The van der Waals surface area contributed by atoms with E-state index < -0.39 is 6.10 Å². The van der Waals surface area contributed by atoms with Crippen LogP contribution in [0.3, 0.4) is 0 Å². The van der Waals surface area contributed by atoms with Crippen LogP contribution in [0.15, 0.2) is 30.9 Å². The van der Waals surface area contributed by atoms with Crippen molar-refractivity contribution >= 4 is 17.5 Å². The fourth-order valence-electron chi connectivity index (χ4n) is 1.94. The van der Waals surface area contributed by atoms with Gasteiger partial charge in [-0.2, -0.15) is 0 Å². The van der Waals surface area contributed by atoms with Crippen LogP contribution in [0, 0.1) is 0 Å². The third-order valence-corrected chi connectivity index (χ3v) is 3.12. The summed E-state index contributed by atoms with van der Waals surface area (Å²) in [5, 5.41) is 5.49. The summed E-state index contributed by atoms with van der Waals surface area (Å²) in [6, 6.07) is 5.31. The third kappa shape index (κ3) is 3.24. The molecule has 5 nitrogen and oxygen atoms in total. The number of carbonyl (C=O) groups is 2. The highest BCUT2D eigenvalue weighted by Gasteiger charge is 2.20. The van der Waals surface area contributed by atoms with E-state index in [1.54, 1.807) is 25.1 Å². The van der Waals surface area contributed by atoms with Gasteiger partial charge in [-0.05, 0) is 31.0 Å².